The summed E-state index contributed by atoms with van der Waals surface area (Å²) >= 11 is 0. The number of rotatable bonds is 7. The van der Waals surface area contributed by atoms with Crippen LogP contribution in [0.25, 0.3) is 0 Å². The van der Waals surface area contributed by atoms with Crippen LogP contribution in [0.5, 0.6) is 0 Å². The van der Waals surface area contributed by atoms with Crippen molar-refractivity contribution in [3.05, 3.63) is 0 Å². The zero-order valence-corrected chi connectivity index (χ0v) is 13.0. The van der Waals surface area contributed by atoms with Gasteiger partial charge >= 0.3 is 5.97 Å². The van der Waals surface area contributed by atoms with Crippen LogP contribution in [0.15, 0.2) is 0 Å². The smallest absolute Gasteiger partial charge is 0.311 e. The maximum absolute atomic E-state index is 12.1. The molecule has 7 heteroatoms. The molecule has 2 unspecified atom stereocenters. The monoisotopic (exact) mass is 315 g/mol. The van der Waals surface area contributed by atoms with Crippen molar-refractivity contribution in [1.29, 1.82) is 0 Å². The minimum absolute atomic E-state index is 0.0658. The number of hydrogen-bond acceptors (Lipinski definition) is 5. The van der Waals surface area contributed by atoms with Crippen molar-refractivity contribution in [1.82, 2.24) is 5.32 Å². The number of hydrogen-bond donors (Lipinski definition) is 2. The lowest BCUT2D eigenvalue weighted by molar-refractivity contribution is -0.155. The van der Waals surface area contributed by atoms with E-state index < -0.39 is 17.5 Å². The highest BCUT2D eigenvalue weighted by Crippen LogP contribution is 2.30. The first-order chi connectivity index (χ1) is 10.5. The summed E-state index contributed by atoms with van der Waals surface area (Å²) in [6.45, 7) is 3.74. The summed E-state index contributed by atoms with van der Waals surface area (Å²) < 4.78 is 16.2. The summed E-state index contributed by atoms with van der Waals surface area (Å²) in [6.07, 6.45) is 2.25. The van der Waals surface area contributed by atoms with Gasteiger partial charge in [-0.1, -0.05) is 0 Å². The molecule has 0 aromatic rings. The van der Waals surface area contributed by atoms with Crippen molar-refractivity contribution < 1.29 is 28.9 Å². The molecule has 1 amide bonds. The van der Waals surface area contributed by atoms with Crippen LogP contribution in [0, 0.1) is 5.41 Å². The number of amides is 1. The lowest BCUT2D eigenvalue weighted by Gasteiger charge is -2.33. The molecule has 2 N–H and O–H groups in total. The average Bonchev–Trinajstić information content (AvgIpc) is 3.04. The molecule has 2 aliphatic rings. The van der Waals surface area contributed by atoms with E-state index in [1.54, 1.807) is 6.92 Å². The van der Waals surface area contributed by atoms with Crippen LogP contribution in [-0.4, -0.2) is 62.2 Å². The molecule has 0 spiro atoms. The Kier molecular flexibility index (Phi) is 6.16. The summed E-state index contributed by atoms with van der Waals surface area (Å²) in [5.41, 5.74) is -0.928. The maximum atomic E-state index is 12.1. The van der Waals surface area contributed by atoms with Crippen LogP contribution < -0.4 is 5.32 Å². The second kappa shape index (κ2) is 7.89. The molecule has 2 aliphatic heterocycles. The third-order valence-electron chi connectivity index (χ3n) is 4.43. The topological polar surface area (TPSA) is 94.1 Å². The minimum atomic E-state index is -0.928. The van der Waals surface area contributed by atoms with E-state index in [1.807, 2.05) is 0 Å². The van der Waals surface area contributed by atoms with Gasteiger partial charge in [-0.05, 0) is 32.6 Å². The molecule has 7 nitrogen and oxygen atoms in total. The van der Waals surface area contributed by atoms with Gasteiger partial charge in [-0.3, -0.25) is 9.59 Å². The van der Waals surface area contributed by atoms with Crippen LogP contribution in [0.2, 0.25) is 0 Å². The van der Waals surface area contributed by atoms with Crippen molar-refractivity contribution in [2.75, 3.05) is 33.0 Å². The third kappa shape index (κ3) is 4.41. The average molecular weight is 315 g/mol. The van der Waals surface area contributed by atoms with Gasteiger partial charge in [0.25, 0.3) is 0 Å². The molecule has 0 radical (unpaired) electrons. The van der Waals surface area contributed by atoms with Crippen LogP contribution in [-0.2, 0) is 23.8 Å². The predicted molar refractivity (Wildman–Crippen MR) is 77.5 cm³/mol. The van der Waals surface area contributed by atoms with E-state index in [4.69, 9.17) is 14.2 Å². The Hall–Kier alpha value is -1.18. The number of nitrogens with one attached hydrogen (secondary N) is 1. The molecule has 0 bridgehead atoms. The van der Waals surface area contributed by atoms with E-state index in [9.17, 15) is 14.7 Å². The van der Waals surface area contributed by atoms with Crippen LogP contribution in [0.4, 0.5) is 0 Å². The lowest BCUT2D eigenvalue weighted by atomic mass is 9.80. The van der Waals surface area contributed by atoms with Gasteiger partial charge in [-0.15, -0.1) is 0 Å². The Morgan fingerprint density at radius 3 is 2.68 bits per heavy atom. The third-order valence-corrected chi connectivity index (χ3v) is 4.43. The van der Waals surface area contributed by atoms with Crippen molar-refractivity contribution in [2.24, 2.45) is 5.41 Å². The summed E-state index contributed by atoms with van der Waals surface area (Å²) in [5.74, 6) is -1.17. The summed E-state index contributed by atoms with van der Waals surface area (Å²) in [6, 6.07) is 0. The van der Waals surface area contributed by atoms with Gasteiger partial charge in [0.2, 0.25) is 5.91 Å². The fraction of sp³-hybridized carbons (Fsp3) is 0.867. The first-order valence-electron chi connectivity index (χ1n) is 7.85. The van der Waals surface area contributed by atoms with Gasteiger partial charge in [0, 0.05) is 26.4 Å². The van der Waals surface area contributed by atoms with E-state index in [0.717, 1.165) is 19.4 Å². The van der Waals surface area contributed by atoms with Gasteiger partial charge in [0.15, 0.2) is 0 Å². The number of carbonyl (C=O) groups is 2. The Morgan fingerprint density at radius 1 is 1.36 bits per heavy atom. The fourth-order valence-electron chi connectivity index (χ4n) is 2.73. The lowest BCUT2D eigenvalue weighted by Crippen LogP contribution is -2.48. The molecule has 0 saturated carbocycles. The van der Waals surface area contributed by atoms with Gasteiger partial charge in [-0.25, -0.2) is 0 Å². The first kappa shape index (κ1) is 17.2. The van der Waals surface area contributed by atoms with E-state index in [1.165, 1.54) is 0 Å². The second-order valence-corrected chi connectivity index (χ2v) is 6.03. The molecule has 0 aromatic heterocycles. The molecule has 0 aromatic carbocycles. The van der Waals surface area contributed by atoms with Gasteiger partial charge in [-0.2, -0.15) is 0 Å². The Bertz CT molecular complexity index is 387. The Labute approximate surface area is 130 Å². The molecular formula is C15H25NO6. The van der Waals surface area contributed by atoms with E-state index in [-0.39, 0.29) is 18.6 Å². The van der Waals surface area contributed by atoms with Crippen LogP contribution in [0.3, 0.4) is 0 Å². The fourth-order valence-corrected chi connectivity index (χ4v) is 2.73. The molecule has 2 rings (SSSR count). The second-order valence-electron chi connectivity index (χ2n) is 6.03. The van der Waals surface area contributed by atoms with Crippen molar-refractivity contribution >= 4 is 11.9 Å². The molecule has 2 heterocycles. The summed E-state index contributed by atoms with van der Waals surface area (Å²) in [7, 11) is 0. The van der Waals surface area contributed by atoms with Crippen molar-refractivity contribution in [2.45, 2.75) is 44.8 Å². The quantitative estimate of drug-likeness (QED) is 0.713. The molecule has 2 atom stereocenters. The first-order valence-corrected chi connectivity index (χ1v) is 7.85. The Morgan fingerprint density at radius 2 is 2.09 bits per heavy atom. The van der Waals surface area contributed by atoms with Gasteiger partial charge in [0.05, 0.1) is 18.1 Å². The highest BCUT2D eigenvalue weighted by Gasteiger charge is 2.40. The van der Waals surface area contributed by atoms with E-state index >= 15 is 0 Å². The zero-order valence-electron chi connectivity index (χ0n) is 13.0. The predicted octanol–water partition coefficient (Wildman–Crippen LogP) is 0.568. The largest absolute Gasteiger partial charge is 0.481 e. The van der Waals surface area contributed by atoms with Gasteiger partial charge in [0.1, 0.15) is 6.10 Å². The summed E-state index contributed by atoms with van der Waals surface area (Å²) in [4.78, 5) is 23.6. The molecular weight excluding hydrogens is 290 g/mol. The number of aliphatic carboxylic acids is 1. The molecule has 2 saturated heterocycles. The van der Waals surface area contributed by atoms with Gasteiger partial charge < -0.3 is 24.6 Å². The highest BCUT2D eigenvalue weighted by molar-refractivity contribution is 5.82. The van der Waals surface area contributed by atoms with Crippen molar-refractivity contribution in [3.63, 3.8) is 0 Å². The number of carboxylic acid groups (broad SMARTS) is 1. The van der Waals surface area contributed by atoms with Crippen molar-refractivity contribution in [3.8, 4) is 0 Å². The standard InChI is InChI=1S/C15H25NO6/c1-11(22-9-12-3-2-6-21-12)13(17)16-10-15(14(18)19)4-7-20-8-5-15/h11-12H,2-10H2,1H3,(H,16,17)(H,18,19). The maximum Gasteiger partial charge on any atom is 0.311 e. The summed E-state index contributed by atoms with van der Waals surface area (Å²) in [5, 5.41) is 12.1. The SMILES string of the molecule is CC(OCC1CCCO1)C(=O)NCC1(C(=O)O)CCOCC1. The number of ether oxygens (including phenoxy) is 3. The molecule has 0 aliphatic carbocycles. The number of carboxylic acids is 1. The zero-order chi connectivity index (χ0) is 16.0. The normalized spacial score (nSPS) is 25.6. The van der Waals surface area contributed by atoms with Crippen LogP contribution >= 0.6 is 0 Å². The van der Waals surface area contributed by atoms with E-state index in [2.05, 4.69) is 5.32 Å². The molecule has 22 heavy (non-hydrogen) atoms. The van der Waals surface area contributed by atoms with E-state index in [0.29, 0.717) is 32.7 Å². The minimum Gasteiger partial charge on any atom is -0.481 e. The number of carbonyl (C=O) groups excluding carboxylic acids is 1. The molecule has 126 valence electrons. The van der Waals surface area contributed by atoms with Crippen LogP contribution in [0.1, 0.15) is 32.6 Å². The molecule has 2 fully saturated rings. The highest BCUT2D eigenvalue weighted by atomic mass is 16.5. The Balaban J connectivity index is 1.76.